The summed E-state index contributed by atoms with van der Waals surface area (Å²) in [5.74, 6) is 1.97. The van der Waals surface area contributed by atoms with Crippen LogP contribution in [0.3, 0.4) is 0 Å². The van der Waals surface area contributed by atoms with Gasteiger partial charge in [-0.1, -0.05) is 12.1 Å². The third-order valence-corrected chi connectivity index (χ3v) is 2.70. The number of aliphatic hydroxyl groups is 1. The van der Waals surface area contributed by atoms with Gasteiger partial charge < -0.3 is 9.84 Å². The van der Waals surface area contributed by atoms with Crippen molar-refractivity contribution in [3.63, 3.8) is 0 Å². The molecule has 0 bridgehead atoms. The summed E-state index contributed by atoms with van der Waals surface area (Å²) in [6, 6.07) is 8.11. The van der Waals surface area contributed by atoms with Crippen molar-refractivity contribution in [3.05, 3.63) is 29.8 Å². The zero-order valence-electron chi connectivity index (χ0n) is 7.73. The van der Waals surface area contributed by atoms with Crippen LogP contribution in [0.5, 0.6) is 5.75 Å². The summed E-state index contributed by atoms with van der Waals surface area (Å²) in [6.07, 6.45) is 1.13. The summed E-state index contributed by atoms with van der Waals surface area (Å²) in [4.78, 5) is 0. The van der Waals surface area contributed by atoms with E-state index < -0.39 is 0 Å². The van der Waals surface area contributed by atoms with Crippen molar-refractivity contribution >= 4 is 0 Å². The second-order valence-electron chi connectivity index (χ2n) is 3.56. The van der Waals surface area contributed by atoms with Crippen LogP contribution in [0.4, 0.5) is 0 Å². The first-order valence-corrected chi connectivity index (χ1v) is 4.60. The maximum Gasteiger partial charge on any atom is 0.118 e. The molecule has 13 heavy (non-hydrogen) atoms. The van der Waals surface area contributed by atoms with Crippen molar-refractivity contribution in [2.45, 2.75) is 12.3 Å². The fourth-order valence-electron chi connectivity index (χ4n) is 1.71. The normalized spacial score (nSPS) is 25.7. The van der Waals surface area contributed by atoms with E-state index in [0.29, 0.717) is 18.4 Å². The minimum atomic E-state index is 0.316. The molecule has 1 aliphatic rings. The Kier molecular flexibility index (Phi) is 2.23. The largest absolute Gasteiger partial charge is 0.497 e. The Bertz CT molecular complexity index is 279. The molecule has 1 N–H and O–H groups in total. The van der Waals surface area contributed by atoms with Gasteiger partial charge in [-0.05, 0) is 36.0 Å². The van der Waals surface area contributed by atoms with E-state index in [1.54, 1.807) is 7.11 Å². The quantitative estimate of drug-likeness (QED) is 0.764. The van der Waals surface area contributed by atoms with E-state index in [0.717, 1.165) is 12.2 Å². The highest BCUT2D eigenvalue weighted by Gasteiger charge is 2.37. The van der Waals surface area contributed by atoms with E-state index in [2.05, 4.69) is 12.1 Å². The third-order valence-electron chi connectivity index (χ3n) is 2.70. The lowest BCUT2D eigenvalue weighted by molar-refractivity contribution is 0.274. The highest BCUT2D eigenvalue weighted by molar-refractivity contribution is 5.32. The van der Waals surface area contributed by atoms with E-state index in [-0.39, 0.29) is 0 Å². The van der Waals surface area contributed by atoms with Gasteiger partial charge in [-0.25, -0.2) is 0 Å². The molecule has 2 rings (SSSR count). The predicted octanol–water partition coefficient (Wildman–Crippen LogP) is 1.79. The molecule has 0 spiro atoms. The molecule has 2 atom stereocenters. The molecule has 0 aromatic heterocycles. The number of aliphatic hydroxyl groups excluding tert-OH is 1. The van der Waals surface area contributed by atoms with Crippen molar-refractivity contribution in [1.82, 2.24) is 0 Å². The summed E-state index contributed by atoms with van der Waals surface area (Å²) in [5.41, 5.74) is 1.32. The van der Waals surface area contributed by atoms with Gasteiger partial charge in [0.15, 0.2) is 0 Å². The van der Waals surface area contributed by atoms with Crippen LogP contribution in [-0.2, 0) is 0 Å². The van der Waals surface area contributed by atoms with Crippen LogP contribution in [0.2, 0.25) is 0 Å². The van der Waals surface area contributed by atoms with Crippen molar-refractivity contribution in [2.24, 2.45) is 5.92 Å². The first-order valence-electron chi connectivity index (χ1n) is 4.60. The minimum absolute atomic E-state index is 0.316. The van der Waals surface area contributed by atoms with E-state index in [1.165, 1.54) is 5.56 Å². The lowest BCUT2D eigenvalue weighted by atomic mass is 10.1. The van der Waals surface area contributed by atoms with E-state index in [4.69, 9.17) is 9.84 Å². The number of methoxy groups -OCH3 is 1. The van der Waals surface area contributed by atoms with Crippen molar-refractivity contribution in [1.29, 1.82) is 0 Å². The number of rotatable bonds is 3. The van der Waals surface area contributed by atoms with Crippen LogP contribution in [0.15, 0.2) is 24.3 Å². The average Bonchev–Trinajstić information content (AvgIpc) is 2.97. The zero-order chi connectivity index (χ0) is 9.26. The van der Waals surface area contributed by atoms with Gasteiger partial charge in [-0.2, -0.15) is 0 Å². The van der Waals surface area contributed by atoms with Crippen LogP contribution < -0.4 is 4.74 Å². The van der Waals surface area contributed by atoms with Crippen LogP contribution >= 0.6 is 0 Å². The van der Waals surface area contributed by atoms with E-state index in [1.807, 2.05) is 12.1 Å². The van der Waals surface area contributed by atoms with E-state index in [9.17, 15) is 0 Å². The molecule has 1 aromatic rings. The van der Waals surface area contributed by atoms with Gasteiger partial charge in [-0.15, -0.1) is 0 Å². The molecule has 70 valence electrons. The van der Waals surface area contributed by atoms with Crippen LogP contribution in [0.25, 0.3) is 0 Å². The minimum Gasteiger partial charge on any atom is -0.497 e. The standard InChI is InChI=1S/C11H14O2/c1-13-10-4-2-8(3-5-10)11-6-9(11)7-12/h2-5,9,11-12H,6-7H2,1H3/t9-,11+/m1/s1. The van der Waals surface area contributed by atoms with Crippen molar-refractivity contribution in [2.75, 3.05) is 13.7 Å². The molecule has 0 unspecified atom stereocenters. The first-order chi connectivity index (χ1) is 6.35. The Morgan fingerprint density at radius 2 is 2.08 bits per heavy atom. The SMILES string of the molecule is COc1ccc([C@@H]2C[C@@H]2CO)cc1. The van der Waals surface area contributed by atoms with Crippen molar-refractivity contribution in [3.8, 4) is 5.75 Å². The molecule has 1 fully saturated rings. The molecule has 0 heterocycles. The first kappa shape index (κ1) is 8.57. The lowest BCUT2D eigenvalue weighted by Crippen LogP contribution is -1.89. The smallest absolute Gasteiger partial charge is 0.118 e. The molecule has 2 nitrogen and oxygen atoms in total. The Morgan fingerprint density at radius 1 is 1.38 bits per heavy atom. The summed E-state index contributed by atoms with van der Waals surface area (Å²) in [5, 5.41) is 8.91. The molecule has 1 aliphatic carbocycles. The van der Waals surface area contributed by atoms with Gasteiger partial charge in [-0.3, -0.25) is 0 Å². The molecular weight excluding hydrogens is 164 g/mol. The summed E-state index contributed by atoms with van der Waals surface area (Å²) >= 11 is 0. The Hall–Kier alpha value is -1.02. The molecule has 0 saturated heterocycles. The third kappa shape index (κ3) is 1.68. The second-order valence-corrected chi connectivity index (χ2v) is 3.56. The van der Waals surface area contributed by atoms with E-state index >= 15 is 0 Å². The maximum absolute atomic E-state index is 8.91. The number of hydrogen-bond donors (Lipinski definition) is 1. The summed E-state index contributed by atoms with van der Waals surface area (Å²) in [6.45, 7) is 0.316. The highest BCUT2D eigenvalue weighted by Crippen LogP contribution is 2.47. The fraction of sp³-hybridized carbons (Fsp3) is 0.455. The Morgan fingerprint density at radius 3 is 2.54 bits per heavy atom. The Labute approximate surface area is 78.2 Å². The number of ether oxygens (including phenoxy) is 1. The highest BCUT2D eigenvalue weighted by atomic mass is 16.5. The van der Waals surface area contributed by atoms with Gasteiger partial charge in [0.05, 0.1) is 7.11 Å². The predicted molar refractivity (Wildman–Crippen MR) is 50.9 cm³/mol. The van der Waals surface area contributed by atoms with Gasteiger partial charge in [0, 0.05) is 6.61 Å². The average molecular weight is 178 g/mol. The van der Waals surface area contributed by atoms with Crippen LogP contribution in [-0.4, -0.2) is 18.8 Å². The topological polar surface area (TPSA) is 29.5 Å². The molecule has 2 heteroatoms. The molecule has 1 aromatic carbocycles. The lowest BCUT2D eigenvalue weighted by Gasteiger charge is -2.01. The van der Waals surface area contributed by atoms with Crippen LogP contribution in [0.1, 0.15) is 17.9 Å². The molecule has 0 amide bonds. The molecule has 0 radical (unpaired) electrons. The van der Waals surface area contributed by atoms with Crippen molar-refractivity contribution < 1.29 is 9.84 Å². The summed E-state index contributed by atoms with van der Waals surface area (Å²) < 4.78 is 5.07. The van der Waals surface area contributed by atoms with Gasteiger partial charge in [0.1, 0.15) is 5.75 Å². The number of hydrogen-bond acceptors (Lipinski definition) is 2. The second kappa shape index (κ2) is 3.38. The van der Waals surface area contributed by atoms with Gasteiger partial charge >= 0.3 is 0 Å². The Balaban J connectivity index is 2.07. The molecule has 0 aliphatic heterocycles. The van der Waals surface area contributed by atoms with Crippen LogP contribution in [0, 0.1) is 5.92 Å². The fourth-order valence-corrected chi connectivity index (χ4v) is 1.71. The monoisotopic (exact) mass is 178 g/mol. The number of benzene rings is 1. The van der Waals surface area contributed by atoms with Gasteiger partial charge in [0.2, 0.25) is 0 Å². The van der Waals surface area contributed by atoms with Gasteiger partial charge in [0.25, 0.3) is 0 Å². The summed E-state index contributed by atoms with van der Waals surface area (Å²) in [7, 11) is 1.67. The molecule has 1 saturated carbocycles. The molecular formula is C11H14O2. The maximum atomic E-state index is 8.91. The zero-order valence-corrected chi connectivity index (χ0v) is 7.73.